The second-order valence-electron chi connectivity index (χ2n) is 5.87. The summed E-state index contributed by atoms with van der Waals surface area (Å²) in [5.41, 5.74) is 11.0. The molecule has 1 aliphatic carbocycles. The van der Waals surface area contributed by atoms with E-state index >= 15 is 0 Å². The molecule has 0 bridgehead atoms. The summed E-state index contributed by atoms with van der Waals surface area (Å²) in [5, 5.41) is 0. The van der Waals surface area contributed by atoms with Crippen LogP contribution in [-0.2, 0) is 25.7 Å². The number of benzene rings is 2. The molecule has 1 atom stereocenters. The van der Waals surface area contributed by atoms with Crippen LogP contribution < -0.4 is 5.73 Å². The van der Waals surface area contributed by atoms with E-state index < -0.39 is 11.6 Å². The van der Waals surface area contributed by atoms with Gasteiger partial charge < -0.3 is 5.73 Å². The van der Waals surface area contributed by atoms with Gasteiger partial charge in [0.15, 0.2) is 11.6 Å². The predicted molar refractivity (Wildman–Crippen MR) is 80.2 cm³/mol. The largest absolute Gasteiger partial charge is 0.327 e. The molecule has 1 unspecified atom stereocenters. The van der Waals surface area contributed by atoms with Crippen LogP contribution in [0.2, 0.25) is 0 Å². The first-order chi connectivity index (χ1) is 10.1. The second kappa shape index (κ2) is 5.94. The van der Waals surface area contributed by atoms with E-state index in [2.05, 4.69) is 18.2 Å². The maximum atomic E-state index is 13.2. The number of hydrogen-bond acceptors (Lipinski definition) is 1. The van der Waals surface area contributed by atoms with E-state index in [0.717, 1.165) is 24.5 Å². The highest BCUT2D eigenvalue weighted by atomic mass is 19.2. The molecule has 0 amide bonds. The summed E-state index contributed by atoms with van der Waals surface area (Å²) >= 11 is 0. The molecule has 110 valence electrons. The van der Waals surface area contributed by atoms with E-state index in [-0.39, 0.29) is 6.04 Å². The topological polar surface area (TPSA) is 26.0 Å². The quantitative estimate of drug-likeness (QED) is 0.914. The van der Waals surface area contributed by atoms with Crippen LogP contribution in [0.25, 0.3) is 0 Å². The lowest BCUT2D eigenvalue weighted by atomic mass is 9.97. The smallest absolute Gasteiger partial charge is 0.159 e. The Morgan fingerprint density at radius 1 is 0.857 bits per heavy atom. The van der Waals surface area contributed by atoms with E-state index in [1.54, 1.807) is 6.07 Å². The number of nitrogens with two attached hydrogens (primary N) is 1. The van der Waals surface area contributed by atoms with E-state index in [1.165, 1.54) is 35.6 Å². The summed E-state index contributed by atoms with van der Waals surface area (Å²) in [7, 11) is 0. The third-order valence-corrected chi connectivity index (χ3v) is 4.14. The molecule has 0 spiro atoms. The van der Waals surface area contributed by atoms with Crippen molar-refractivity contribution >= 4 is 0 Å². The van der Waals surface area contributed by atoms with Crippen molar-refractivity contribution in [2.45, 2.75) is 38.1 Å². The van der Waals surface area contributed by atoms with Crippen molar-refractivity contribution in [1.29, 1.82) is 0 Å². The van der Waals surface area contributed by atoms with Crippen molar-refractivity contribution in [2.24, 2.45) is 5.73 Å². The van der Waals surface area contributed by atoms with Crippen molar-refractivity contribution < 1.29 is 8.78 Å². The molecular weight excluding hydrogens is 268 g/mol. The fourth-order valence-corrected chi connectivity index (χ4v) is 3.10. The van der Waals surface area contributed by atoms with Crippen molar-refractivity contribution in [3.63, 3.8) is 0 Å². The first-order valence-corrected chi connectivity index (χ1v) is 7.42. The summed E-state index contributed by atoms with van der Waals surface area (Å²) in [6.45, 7) is 0. The van der Waals surface area contributed by atoms with Gasteiger partial charge in [0.05, 0.1) is 0 Å². The number of fused-ring (bicyclic) bond motifs is 1. The summed E-state index contributed by atoms with van der Waals surface area (Å²) in [6.07, 6.45) is 4.87. The van der Waals surface area contributed by atoms with Crippen molar-refractivity contribution in [3.8, 4) is 0 Å². The third kappa shape index (κ3) is 3.30. The molecule has 2 aromatic rings. The highest BCUT2D eigenvalue weighted by Crippen LogP contribution is 2.23. The van der Waals surface area contributed by atoms with Gasteiger partial charge in [0, 0.05) is 6.04 Å². The lowest BCUT2D eigenvalue weighted by Gasteiger charge is -2.13. The maximum Gasteiger partial charge on any atom is 0.159 e. The van der Waals surface area contributed by atoms with Crippen LogP contribution in [0, 0.1) is 11.6 Å². The summed E-state index contributed by atoms with van der Waals surface area (Å²) in [5.74, 6) is -1.62. The number of hydrogen-bond donors (Lipinski definition) is 1. The number of rotatable bonds is 4. The van der Waals surface area contributed by atoms with E-state index in [9.17, 15) is 8.78 Å². The van der Waals surface area contributed by atoms with Gasteiger partial charge in [-0.2, -0.15) is 0 Å². The molecule has 0 saturated heterocycles. The molecule has 0 heterocycles. The Hall–Kier alpha value is -1.74. The SMILES string of the molecule is NC(Cc1ccc(F)c(F)c1)Cc1ccc2c(c1)CCC2. The summed E-state index contributed by atoms with van der Waals surface area (Å²) in [6, 6.07) is 10.5. The molecule has 2 N–H and O–H groups in total. The monoisotopic (exact) mass is 287 g/mol. The van der Waals surface area contributed by atoms with Crippen molar-refractivity contribution in [3.05, 3.63) is 70.3 Å². The highest BCUT2D eigenvalue weighted by molar-refractivity contribution is 5.35. The van der Waals surface area contributed by atoms with Gasteiger partial charge >= 0.3 is 0 Å². The first kappa shape index (κ1) is 14.2. The van der Waals surface area contributed by atoms with Crippen LogP contribution >= 0.6 is 0 Å². The highest BCUT2D eigenvalue weighted by Gasteiger charge is 2.13. The average molecular weight is 287 g/mol. The van der Waals surface area contributed by atoms with Crippen molar-refractivity contribution in [1.82, 2.24) is 0 Å². The molecule has 3 rings (SSSR count). The summed E-state index contributed by atoms with van der Waals surface area (Å²) < 4.78 is 26.1. The van der Waals surface area contributed by atoms with Crippen LogP contribution in [0.4, 0.5) is 8.78 Å². The second-order valence-corrected chi connectivity index (χ2v) is 5.87. The molecule has 0 saturated carbocycles. The van der Waals surface area contributed by atoms with Crippen LogP contribution in [-0.4, -0.2) is 6.04 Å². The number of halogens is 2. The molecule has 3 heteroatoms. The van der Waals surface area contributed by atoms with Gasteiger partial charge in [-0.15, -0.1) is 0 Å². The Labute approximate surface area is 123 Å². The molecule has 21 heavy (non-hydrogen) atoms. The minimum absolute atomic E-state index is 0.0886. The fourth-order valence-electron chi connectivity index (χ4n) is 3.10. The van der Waals surface area contributed by atoms with Gasteiger partial charge in [0.25, 0.3) is 0 Å². The Morgan fingerprint density at radius 3 is 2.29 bits per heavy atom. The lowest BCUT2D eigenvalue weighted by molar-refractivity contribution is 0.506. The molecule has 0 aromatic heterocycles. The zero-order chi connectivity index (χ0) is 14.8. The van der Waals surface area contributed by atoms with Gasteiger partial charge in [0.2, 0.25) is 0 Å². The molecular formula is C18H19F2N. The first-order valence-electron chi connectivity index (χ1n) is 7.42. The number of aryl methyl sites for hydroxylation is 2. The molecule has 1 nitrogen and oxygen atoms in total. The lowest BCUT2D eigenvalue weighted by Crippen LogP contribution is -2.25. The Kier molecular flexibility index (Phi) is 4.02. The van der Waals surface area contributed by atoms with E-state index in [1.807, 2.05) is 0 Å². The zero-order valence-electron chi connectivity index (χ0n) is 11.9. The van der Waals surface area contributed by atoms with Crippen LogP contribution in [0.1, 0.15) is 28.7 Å². The van der Waals surface area contributed by atoms with Crippen LogP contribution in [0.3, 0.4) is 0 Å². The molecule has 0 radical (unpaired) electrons. The standard InChI is InChI=1S/C18H19F2N/c19-17-7-5-13(11-18(17)20)10-16(21)9-12-4-6-14-2-1-3-15(14)8-12/h4-8,11,16H,1-3,9-10,21H2. The molecule has 2 aromatic carbocycles. The molecule has 0 aliphatic heterocycles. The third-order valence-electron chi connectivity index (χ3n) is 4.14. The average Bonchev–Trinajstić information content (AvgIpc) is 2.90. The van der Waals surface area contributed by atoms with Crippen LogP contribution in [0.15, 0.2) is 36.4 Å². The molecule has 1 aliphatic rings. The summed E-state index contributed by atoms with van der Waals surface area (Å²) in [4.78, 5) is 0. The Balaban J connectivity index is 1.66. The van der Waals surface area contributed by atoms with Crippen molar-refractivity contribution in [2.75, 3.05) is 0 Å². The van der Waals surface area contributed by atoms with Crippen LogP contribution in [0.5, 0.6) is 0 Å². The Bertz CT molecular complexity index is 652. The minimum Gasteiger partial charge on any atom is -0.327 e. The van der Waals surface area contributed by atoms with Gasteiger partial charge in [-0.25, -0.2) is 8.78 Å². The minimum atomic E-state index is -0.814. The van der Waals surface area contributed by atoms with Gasteiger partial charge in [-0.3, -0.25) is 0 Å². The fraction of sp³-hybridized carbons (Fsp3) is 0.333. The van der Waals surface area contributed by atoms with E-state index in [0.29, 0.717) is 6.42 Å². The van der Waals surface area contributed by atoms with Gasteiger partial charge in [0.1, 0.15) is 0 Å². The van der Waals surface area contributed by atoms with Gasteiger partial charge in [-0.1, -0.05) is 24.3 Å². The Morgan fingerprint density at radius 2 is 1.52 bits per heavy atom. The van der Waals surface area contributed by atoms with Gasteiger partial charge in [-0.05, 0) is 66.5 Å². The maximum absolute atomic E-state index is 13.2. The normalized spacial score (nSPS) is 15.0. The zero-order valence-corrected chi connectivity index (χ0v) is 11.9. The van der Waals surface area contributed by atoms with E-state index in [4.69, 9.17) is 5.73 Å². The predicted octanol–water partition coefficient (Wildman–Crippen LogP) is 3.57. The molecule has 0 fully saturated rings.